The van der Waals surface area contributed by atoms with E-state index in [1.54, 1.807) is 0 Å². The number of pyridine rings is 1. The lowest BCUT2D eigenvalue weighted by Gasteiger charge is -2.13. The van der Waals surface area contributed by atoms with Gasteiger partial charge in [0.25, 0.3) is 5.56 Å². The van der Waals surface area contributed by atoms with Crippen molar-refractivity contribution in [3.8, 4) is 0 Å². The Labute approximate surface area is 172 Å². The maximum absolute atomic E-state index is 12.9. The van der Waals surface area contributed by atoms with Gasteiger partial charge in [-0.15, -0.1) is 11.3 Å². The molecule has 0 unspecified atom stereocenters. The first kappa shape index (κ1) is 19.3. The fourth-order valence-corrected chi connectivity index (χ4v) is 4.69. The van der Waals surface area contributed by atoms with Gasteiger partial charge in [0.1, 0.15) is 16.1 Å². The summed E-state index contributed by atoms with van der Waals surface area (Å²) in [5.41, 5.74) is 3.58. The average molecular weight is 407 g/mol. The molecular weight excluding hydrogens is 384 g/mol. The van der Waals surface area contributed by atoms with Crippen LogP contribution in [0.25, 0.3) is 20.4 Å². The van der Waals surface area contributed by atoms with Gasteiger partial charge >= 0.3 is 0 Å². The molecule has 0 radical (unpaired) electrons. The third-order valence-corrected chi connectivity index (χ3v) is 6.09. The Morgan fingerprint density at radius 2 is 2.00 bits per heavy atom. The zero-order valence-electron chi connectivity index (χ0n) is 16.6. The Morgan fingerprint density at radius 3 is 2.76 bits per heavy atom. The molecule has 4 rings (SSSR count). The van der Waals surface area contributed by atoms with E-state index in [0.29, 0.717) is 16.8 Å². The molecule has 0 aliphatic heterocycles. The molecule has 0 saturated heterocycles. The van der Waals surface area contributed by atoms with E-state index in [2.05, 4.69) is 22.2 Å². The van der Waals surface area contributed by atoms with Crippen LogP contribution in [0.4, 0.5) is 0 Å². The van der Waals surface area contributed by atoms with E-state index in [1.807, 2.05) is 50.2 Å². The van der Waals surface area contributed by atoms with E-state index in [4.69, 9.17) is 0 Å². The van der Waals surface area contributed by atoms with Crippen LogP contribution in [0, 0.1) is 13.8 Å². The van der Waals surface area contributed by atoms with E-state index < -0.39 is 0 Å². The van der Waals surface area contributed by atoms with Crippen molar-refractivity contribution >= 4 is 37.7 Å². The molecule has 3 aromatic heterocycles. The number of aryl methyl sites for hydroxylation is 2. The number of hydrogen-bond acceptors (Lipinski definition) is 5. The van der Waals surface area contributed by atoms with E-state index in [0.717, 1.165) is 27.0 Å². The van der Waals surface area contributed by atoms with Gasteiger partial charge < -0.3 is 5.32 Å². The first-order valence-electron chi connectivity index (χ1n) is 9.51. The molecule has 0 fully saturated rings. The van der Waals surface area contributed by atoms with Crippen LogP contribution in [-0.2, 0) is 11.3 Å². The number of carbonyl (C=O) groups excluding carboxylic acids is 1. The quantitative estimate of drug-likeness (QED) is 0.550. The predicted octanol–water partition coefficient (Wildman–Crippen LogP) is 3.54. The van der Waals surface area contributed by atoms with Crippen molar-refractivity contribution in [1.29, 1.82) is 0 Å². The number of thiophene rings is 1. The van der Waals surface area contributed by atoms with Gasteiger partial charge in [0.05, 0.1) is 11.8 Å². The number of nitrogens with zero attached hydrogens (tertiary/aromatic N) is 3. The summed E-state index contributed by atoms with van der Waals surface area (Å²) in [7, 11) is 0. The van der Waals surface area contributed by atoms with Gasteiger partial charge in [-0.05, 0) is 37.0 Å². The van der Waals surface area contributed by atoms with E-state index >= 15 is 0 Å². The molecule has 1 aromatic carbocycles. The van der Waals surface area contributed by atoms with Gasteiger partial charge in [-0.2, -0.15) is 0 Å². The fourth-order valence-electron chi connectivity index (χ4n) is 3.49. The van der Waals surface area contributed by atoms with Crippen LogP contribution in [0.3, 0.4) is 0 Å². The van der Waals surface area contributed by atoms with Crippen LogP contribution in [0.15, 0.2) is 47.5 Å². The largest absolute Gasteiger partial charge is 0.354 e. The second-order valence-corrected chi connectivity index (χ2v) is 8.33. The standard InChI is InChI=1S/C22H22N4O2S/c1-13-9-15(3)25-21-18(13)19-20(29-21)22(28)26(12-24-19)11-17(27)23-10-14(2)16-7-5-4-6-8-16/h4-9,12,14H,10-11H2,1-3H3,(H,23,27)/t14-/m0/s1. The lowest BCUT2D eigenvalue weighted by atomic mass is 10.0. The summed E-state index contributed by atoms with van der Waals surface area (Å²) in [4.78, 5) is 35.1. The number of amides is 1. The highest BCUT2D eigenvalue weighted by molar-refractivity contribution is 7.25. The van der Waals surface area contributed by atoms with Gasteiger partial charge in [-0.1, -0.05) is 37.3 Å². The number of benzene rings is 1. The second-order valence-electron chi connectivity index (χ2n) is 7.33. The highest BCUT2D eigenvalue weighted by atomic mass is 32.1. The number of aromatic nitrogens is 3. The molecule has 1 N–H and O–H groups in total. The number of nitrogens with one attached hydrogen (secondary N) is 1. The van der Waals surface area contributed by atoms with Crippen molar-refractivity contribution in [2.24, 2.45) is 0 Å². The van der Waals surface area contributed by atoms with E-state index in [9.17, 15) is 9.59 Å². The SMILES string of the molecule is Cc1cc(C)c2c(n1)sc1c(=O)n(CC(=O)NC[C@H](C)c3ccccc3)cnc12. The molecule has 0 aliphatic rings. The Balaban J connectivity index is 1.54. The molecule has 29 heavy (non-hydrogen) atoms. The molecule has 1 atom stereocenters. The summed E-state index contributed by atoms with van der Waals surface area (Å²) >= 11 is 1.33. The molecule has 148 valence electrons. The van der Waals surface area contributed by atoms with Crippen LogP contribution >= 0.6 is 11.3 Å². The minimum atomic E-state index is -0.207. The fraction of sp³-hybridized carbons (Fsp3) is 0.273. The third kappa shape index (κ3) is 3.78. The maximum Gasteiger partial charge on any atom is 0.271 e. The number of carbonyl (C=O) groups is 1. The van der Waals surface area contributed by atoms with Gasteiger partial charge in [0.15, 0.2) is 0 Å². The first-order chi connectivity index (χ1) is 13.9. The highest BCUT2D eigenvalue weighted by Gasteiger charge is 2.16. The van der Waals surface area contributed by atoms with Crippen molar-refractivity contribution in [3.63, 3.8) is 0 Å². The van der Waals surface area contributed by atoms with Crippen molar-refractivity contribution in [1.82, 2.24) is 19.9 Å². The maximum atomic E-state index is 12.9. The Morgan fingerprint density at radius 1 is 1.24 bits per heavy atom. The molecule has 0 aliphatic carbocycles. The minimum Gasteiger partial charge on any atom is -0.354 e. The second kappa shape index (κ2) is 7.75. The average Bonchev–Trinajstić information content (AvgIpc) is 3.08. The van der Waals surface area contributed by atoms with E-state index in [1.165, 1.54) is 22.2 Å². The monoisotopic (exact) mass is 406 g/mol. The Bertz CT molecular complexity index is 1260. The molecule has 3 heterocycles. The summed E-state index contributed by atoms with van der Waals surface area (Å²) in [5, 5.41) is 3.83. The lowest BCUT2D eigenvalue weighted by molar-refractivity contribution is -0.121. The van der Waals surface area contributed by atoms with Crippen molar-refractivity contribution in [3.05, 3.63) is 69.9 Å². The third-order valence-electron chi connectivity index (χ3n) is 5.03. The molecule has 6 nitrogen and oxygen atoms in total. The number of hydrogen-bond donors (Lipinski definition) is 1. The molecule has 7 heteroatoms. The molecule has 0 saturated carbocycles. The normalized spacial score (nSPS) is 12.4. The summed E-state index contributed by atoms with van der Waals surface area (Å²) in [5.74, 6) is -0.0142. The van der Waals surface area contributed by atoms with Crippen LogP contribution in [0.1, 0.15) is 29.7 Å². The predicted molar refractivity (Wildman–Crippen MR) is 117 cm³/mol. The van der Waals surface area contributed by atoms with Crippen LogP contribution in [0.2, 0.25) is 0 Å². The molecule has 0 spiro atoms. The zero-order valence-corrected chi connectivity index (χ0v) is 17.4. The van der Waals surface area contributed by atoms with Gasteiger partial charge in [0, 0.05) is 17.6 Å². The van der Waals surface area contributed by atoms with E-state index in [-0.39, 0.29) is 23.9 Å². The van der Waals surface area contributed by atoms with Crippen LogP contribution in [0.5, 0.6) is 0 Å². The number of rotatable bonds is 5. The van der Waals surface area contributed by atoms with Crippen LogP contribution < -0.4 is 10.9 Å². The summed E-state index contributed by atoms with van der Waals surface area (Å²) < 4.78 is 1.90. The highest BCUT2D eigenvalue weighted by Crippen LogP contribution is 2.31. The number of fused-ring (bicyclic) bond motifs is 3. The van der Waals surface area contributed by atoms with Gasteiger partial charge in [-0.25, -0.2) is 9.97 Å². The summed E-state index contributed by atoms with van der Waals surface area (Å²) in [6.07, 6.45) is 1.45. The van der Waals surface area contributed by atoms with Crippen LogP contribution in [-0.4, -0.2) is 27.0 Å². The van der Waals surface area contributed by atoms with Crippen molar-refractivity contribution in [2.45, 2.75) is 33.2 Å². The van der Waals surface area contributed by atoms with Crippen molar-refractivity contribution < 1.29 is 4.79 Å². The Hall–Kier alpha value is -3.06. The van der Waals surface area contributed by atoms with Gasteiger partial charge in [0.2, 0.25) is 5.91 Å². The van der Waals surface area contributed by atoms with Crippen molar-refractivity contribution in [2.75, 3.05) is 6.54 Å². The molecule has 1 amide bonds. The first-order valence-corrected chi connectivity index (χ1v) is 10.3. The smallest absolute Gasteiger partial charge is 0.271 e. The topological polar surface area (TPSA) is 76.9 Å². The zero-order chi connectivity index (χ0) is 20.5. The van der Waals surface area contributed by atoms with Gasteiger partial charge in [-0.3, -0.25) is 14.2 Å². The Kier molecular flexibility index (Phi) is 5.15. The molecule has 4 aromatic rings. The molecular formula is C22H22N4O2S. The summed E-state index contributed by atoms with van der Waals surface area (Å²) in [6, 6.07) is 12.0. The minimum absolute atomic E-state index is 0.0526. The lowest BCUT2D eigenvalue weighted by Crippen LogP contribution is -2.34. The molecule has 0 bridgehead atoms. The summed E-state index contributed by atoms with van der Waals surface area (Å²) in [6.45, 7) is 6.45.